The zero-order valence-corrected chi connectivity index (χ0v) is 12.3. The molecule has 1 N–H and O–H groups in total. The van der Waals surface area contributed by atoms with Crippen LogP contribution in [-0.4, -0.2) is 48.7 Å². The highest BCUT2D eigenvalue weighted by Crippen LogP contribution is 2.21. The highest BCUT2D eigenvalue weighted by molar-refractivity contribution is 5.77. The molecule has 0 atom stereocenters. The van der Waals surface area contributed by atoms with Gasteiger partial charge in [0.1, 0.15) is 6.61 Å². The summed E-state index contributed by atoms with van der Waals surface area (Å²) >= 11 is 0. The molecule has 1 saturated heterocycles. The van der Waals surface area contributed by atoms with Crippen molar-refractivity contribution in [1.29, 1.82) is 0 Å². The van der Waals surface area contributed by atoms with Crippen molar-refractivity contribution >= 4 is 5.91 Å². The summed E-state index contributed by atoms with van der Waals surface area (Å²) in [6.07, 6.45) is 3.27. The fourth-order valence-corrected chi connectivity index (χ4v) is 2.20. The number of likely N-dealkylation sites (tertiary alicyclic amines) is 1. The first kappa shape index (κ1) is 15.4. The minimum absolute atomic E-state index is 0.00935. The summed E-state index contributed by atoms with van der Waals surface area (Å²) in [5.74, 6) is 0.00935. The molecule has 1 aliphatic heterocycles. The van der Waals surface area contributed by atoms with E-state index < -0.39 is 0 Å². The SMILES string of the molecule is CCCNC(=O)COC1CCN(C(C)(C)C)CC1. The summed E-state index contributed by atoms with van der Waals surface area (Å²) in [5.41, 5.74) is 0.240. The molecule has 4 heteroatoms. The highest BCUT2D eigenvalue weighted by Gasteiger charge is 2.27. The Labute approximate surface area is 111 Å². The molecule has 0 spiro atoms. The number of rotatable bonds is 5. The van der Waals surface area contributed by atoms with Gasteiger partial charge in [0.15, 0.2) is 0 Å². The molecule has 4 nitrogen and oxygen atoms in total. The van der Waals surface area contributed by atoms with E-state index >= 15 is 0 Å². The average molecular weight is 256 g/mol. The standard InChI is InChI=1S/C14H28N2O2/c1-5-8-15-13(17)11-18-12-6-9-16(10-7-12)14(2,3)4/h12H,5-11H2,1-4H3,(H,15,17). The second-order valence-electron chi connectivity index (χ2n) is 6.02. The second-order valence-corrected chi connectivity index (χ2v) is 6.02. The summed E-state index contributed by atoms with van der Waals surface area (Å²) in [5, 5.41) is 2.83. The van der Waals surface area contributed by atoms with E-state index in [1.807, 2.05) is 6.92 Å². The maximum atomic E-state index is 11.4. The number of carbonyl (C=O) groups excluding carboxylic acids is 1. The third kappa shape index (κ3) is 5.36. The Morgan fingerprint density at radius 3 is 2.44 bits per heavy atom. The van der Waals surface area contributed by atoms with Crippen molar-refractivity contribution in [2.75, 3.05) is 26.2 Å². The van der Waals surface area contributed by atoms with Crippen LogP contribution in [0.2, 0.25) is 0 Å². The van der Waals surface area contributed by atoms with Gasteiger partial charge in [-0.2, -0.15) is 0 Å². The molecule has 0 aromatic carbocycles. The summed E-state index contributed by atoms with van der Waals surface area (Å²) in [6.45, 7) is 11.8. The van der Waals surface area contributed by atoms with Gasteiger partial charge < -0.3 is 10.1 Å². The number of carbonyl (C=O) groups is 1. The molecule has 18 heavy (non-hydrogen) atoms. The Balaban J connectivity index is 2.18. The number of hydrogen-bond donors (Lipinski definition) is 1. The number of amides is 1. The minimum Gasteiger partial charge on any atom is -0.368 e. The van der Waals surface area contributed by atoms with Crippen LogP contribution < -0.4 is 5.32 Å². The fraction of sp³-hybridized carbons (Fsp3) is 0.929. The Morgan fingerprint density at radius 1 is 1.33 bits per heavy atom. The zero-order chi connectivity index (χ0) is 13.6. The van der Waals surface area contributed by atoms with Crippen molar-refractivity contribution in [3.63, 3.8) is 0 Å². The molecule has 1 heterocycles. The molecule has 1 amide bonds. The average Bonchev–Trinajstić information content (AvgIpc) is 2.33. The first-order valence-corrected chi connectivity index (χ1v) is 7.07. The maximum Gasteiger partial charge on any atom is 0.246 e. The largest absolute Gasteiger partial charge is 0.368 e. The van der Waals surface area contributed by atoms with E-state index in [0.717, 1.165) is 38.9 Å². The molecule has 0 bridgehead atoms. The smallest absolute Gasteiger partial charge is 0.246 e. The lowest BCUT2D eigenvalue weighted by molar-refractivity contribution is -0.129. The van der Waals surface area contributed by atoms with Crippen LogP contribution in [0.15, 0.2) is 0 Å². The maximum absolute atomic E-state index is 11.4. The quantitative estimate of drug-likeness (QED) is 0.815. The van der Waals surface area contributed by atoms with Gasteiger partial charge in [-0.3, -0.25) is 9.69 Å². The van der Waals surface area contributed by atoms with Crippen LogP contribution in [0.3, 0.4) is 0 Å². The number of ether oxygens (including phenoxy) is 1. The van der Waals surface area contributed by atoms with Crippen LogP contribution in [0.4, 0.5) is 0 Å². The van der Waals surface area contributed by atoms with Crippen LogP contribution in [0, 0.1) is 0 Å². The normalized spacial score (nSPS) is 18.9. The van der Waals surface area contributed by atoms with Gasteiger partial charge in [-0.25, -0.2) is 0 Å². The van der Waals surface area contributed by atoms with E-state index in [0.29, 0.717) is 0 Å². The molecule has 1 rings (SSSR count). The van der Waals surface area contributed by atoms with Gasteiger partial charge >= 0.3 is 0 Å². The second kappa shape index (κ2) is 7.10. The van der Waals surface area contributed by atoms with Crippen LogP contribution in [0.1, 0.15) is 47.0 Å². The Hall–Kier alpha value is -0.610. The molecule has 0 saturated carbocycles. The van der Waals surface area contributed by atoms with E-state index in [9.17, 15) is 4.79 Å². The fourth-order valence-electron chi connectivity index (χ4n) is 2.20. The van der Waals surface area contributed by atoms with Crippen LogP contribution in [0.5, 0.6) is 0 Å². The molecular weight excluding hydrogens is 228 g/mol. The molecular formula is C14H28N2O2. The summed E-state index contributed by atoms with van der Waals surface area (Å²) in [4.78, 5) is 13.9. The molecule has 106 valence electrons. The van der Waals surface area contributed by atoms with Crippen molar-refractivity contribution in [2.24, 2.45) is 0 Å². The summed E-state index contributed by atoms with van der Waals surface area (Å²) in [7, 11) is 0. The monoisotopic (exact) mass is 256 g/mol. The van der Waals surface area contributed by atoms with Crippen LogP contribution in [-0.2, 0) is 9.53 Å². The third-order valence-corrected chi connectivity index (χ3v) is 3.41. The molecule has 0 unspecified atom stereocenters. The third-order valence-electron chi connectivity index (χ3n) is 3.41. The van der Waals surface area contributed by atoms with Crippen LogP contribution >= 0.6 is 0 Å². The zero-order valence-electron chi connectivity index (χ0n) is 12.3. The van der Waals surface area contributed by atoms with Gasteiger partial charge in [0, 0.05) is 25.2 Å². The lowest BCUT2D eigenvalue weighted by Gasteiger charge is -2.40. The van der Waals surface area contributed by atoms with Gasteiger partial charge in [0.25, 0.3) is 0 Å². The highest BCUT2D eigenvalue weighted by atomic mass is 16.5. The molecule has 0 aromatic heterocycles. The van der Waals surface area contributed by atoms with Crippen molar-refractivity contribution in [1.82, 2.24) is 10.2 Å². The molecule has 1 fully saturated rings. The van der Waals surface area contributed by atoms with E-state index in [2.05, 4.69) is 31.0 Å². The van der Waals surface area contributed by atoms with Gasteiger partial charge in [-0.15, -0.1) is 0 Å². The molecule has 0 aromatic rings. The lowest BCUT2D eigenvalue weighted by atomic mass is 9.99. The number of piperidine rings is 1. The Kier molecular flexibility index (Phi) is 6.09. The van der Waals surface area contributed by atoms with Crippen molar-refractivity contribution in [3.8, 4) is 0 Å². The first-order valence-electron chi connectivity index (χ1n) is 7.07. The van der Waals surface area contributed by atoms with Crippen molar-refractivity contribution in [2.45, 2.75) is 58.6 Å². The van der Waals surface area contributed by atoms with E-state index in [1.54, 1.807) is 0 Å². The predicted octanol–water partition coefficient (Wildman–Crippen LogP) is 1.79. The van der Waals surface area contributed by atoms with Gasteiger partial charge in [-0.05, 0) is 40.0 Å². The minimum atomic E-state index is 0.00935. The molecule has 1 aliphatic rings. The summed E-state index contributed by atoms with van der Waals surface area (Å²) in [6, 6.07) is 0. The lowest BCUT2D eigenvalue weighted by Crippen LogP contribution is -2.48. The van der Waals surface area contributed by atoms with Crippen molar-refractivity contribution < 1.29 is 9.53 Å². The van der Waals surface area contributed by atoms with Gasteiger partial charge in [0.05, 0.1) is 6.10 Å². The van der Waals surface area contributed by atoms with Gasteiger partial charge in [-0.1, -0.05) is 6.92 Å². The molecule has 0 aliphatic carbocycles. The van der Waals surface area contributed by atoms with E-state index in [1.165, 1.54) is 0 Å². The van der Waals surface area contributed by atoms with E-state index in [4.69, 9.17) is 4.74 Å². The topological polar surface area (TPSA) is 41.6 Å². The van der Waals surface area contributed by atoms with E-state index in [-0.39, 0.29) is 24.2 Å². The number of nitrogens with one attached hydrogen (secondary N) is 1. The predicted molar refractivity (Wildman–Crippen MR) is 73.6 cm³/mol. The van der Waals surface area contributed by atoms with Crippen molar-refractivity contribution in [3.05, 3.63) is 0 Å². The van der Waals surface area contributed by atoms with Crippen LogP contribution in [0.25, 0.3) is 0 Å². The Morgan fingerprint density at radius 2 is 1.94 bits per heavy atom. The number of hydrogen-bond acceptors (Lipinski definition) is 3. The Bertz CT molecular complexity index is 253. The molecule has 0 radical (unpaired) electrons. The number of nitrogens with zero attached hydrogens (tertiary/aromatic N) is 1. The summed E-state index contributed by atoms with van der Waals surface area (Å²) < 4.78 is 5.66. The van der Waals surface area contributed by atoms with Gasteiger partial charge in [0.2, 0.25) is 5.91 Å². The first-order chi connectivity index (χ1) is 8.43.